The van der Waals surface area contributed by atoms with Gasteiger partial charge in [0.25, 0.3) is 0 Å². The van der Waals surface area contributed by atoms with Crippen LogP contribution in [-0.2, 0) is 15.7 Å². The number of nitriles is 1. The summed E-state index contributed by atoms with van der Waals surface area (Å²) >= 11 is 0. The normalized spacial score (nSPS) is 18.2. The molecule has 1 saturated heterocycles. The molecular formula is C16H18F3N3O3. The van der Waals surface area contributed by atoms with Gasteiger partial charge in [-0.1, -0.05) is 0 Å². The number of halogens is 3. The van der Waals surface area contributed by atoms with Crippen LogP contribution in [0.2, 0.25) is 0 Å². The van der Waals surface area contributed by atoms with Crippen molar-refractivity contribution >= 4 is 11.7 Å². The smallest absolute Gasteiger partial charge is 0.418 e. The summed E-state index contributed by atoms with van der Waals surface area (Å²) in [4.78, 5) is 13.8. The number of hydrogen-bond donors (Lipinski definition) is 1. The highest BCUT2D eigenvalue weighted by molar-refractivity contribution is 5.69. The fourth-order valence-corrected chi connectivity index (χ4v) is 2.79. The Morgan fingerprint density at radius 2 is 2.24 bits per heavy atom. The summed E-state index contributed by atoms with van der Waals surface area (Å²) in [7, 11) is 1.61. The van der Waals surface area contributed by atoms with Gasteiger partial charge in [-0.25, -0.2) is 0 Å². The second-order valence-electron chi connectivity index (χ2n) is 5.87. The number of alkyl halides is 3. The van der Waals surface area contributed by atoms with Gasteiger partial charge < -0.3 is 14.7 Å². The first kappa shape index (κ1) is 19.0. The maximum Gasteiger partial charge on any atom is 0.418 e. The molecule has 1 aliphatic heterocycles. The summed E-state index contributed by atoms with van der Waals surface area (Å²) in [5.74, 6) is -0.990. The molecule has 0 aromatic heterocycles. The van der Waals surface area contributed by atoms with Gasteiger partial charge in [-0.2, -0.15) is 18.4 Å². The number of rotatable bonds is 5. The zero-order valence-electron chi connectivity index (χ0n) is 13.6. The molecule has 1 aromatic rings. The van der Waals surface area contributed by atoms with Crippen LogP contribution in [0.15, 0.2) is 18.2 Å². The third kappa shape index (κ3) is 5.08. The van der Waals surface area contributed by atoms with Crippen molar-refractivity contribution in [2.75, 3.05) is 44.7 Å². The molecule has 0 spiro atoms. The third-order valence-corrected chi connectivity index (χ3v) is 3.83. The van der Waals surface area contributed by atoms with Crippen LogP contribution in [0, 0.1) is 11.3 Å². The van der Waals surface area contributed by atoms with E-state index in [4.69, 9.17) is 15.1 Å². The lowest BCUT2D eigenvalue weighted by atomic mass is 10.1. The number of hydrogen-bond acceptors (Lipinski definition) is 5. The van der Waals surface area contributed by atoms with Crippen LogP contribution in [0.5, 0.6) is 0 Å². The molecule has 1 atom stereocenters. The Hall–Kier alpha value is -2.31. The van der Waals surface area contributed by atoms with Gasteiger partial charge in [-0.05, 0) is 25.2 Å². The quantitative estimate of drug-likeness (QED) is 0.866. The molecule has 6 nitrogen and oxygen atoms in total. The number of carboxylic acid groups (broad SMARTS) is 1. The summed E-state index contributed by atoms with van der Waals surface area (Å²) in [6.45, 7) is 0.762. The average molecular weight is 357 g/mol. The maximum atomic E-state index is 13.3. The van der Waals surface area contributed by atoms with Crippen LogP contribution in [0.4, 0.5) is 18.9 Å². The highest BCUT2D eigenvalue weighted by Crippen LogP contribution is 2.37. The first-order chi connectivity index (χ1) is 11.7. The van der Waals surface area contributed by atoms with Crippen LogP contribution in [0.25, 0.3) is 0 Å². The highest BCUT2D eigenvalue weighted by Gasteiger charge is 2.36. The van der Waals surface area contributed by atoms with Crippen LogP contribution < -0.4 is 4.90 Å². The standard InChI is InChI=1S/C16H18F3N3O3/c1-21(10-15(23)24)8-12-9-22(4-5-25-12)14-6-11(7-20)2-3-13(14)16(17,18)19/h2-3,6,12H,4-5,8-10H2,1H3,(H,23,24). The number of morpholine rings is 1. The van der Waals surface area contributed by atoms with E-state index in [0.717, 1.165) is 12.1 Å². The fourth-order valence-electron chi connectivity index (χ4n) is 2.79. The number of anilines is 1. The monoisotopic (exact) mass is 357 g/mol. The van der Waals surface area contributed by atoms with E-state index >= 15 is 0 Å². The fraction of sp³-hybridized carbons (Fsp3) is 0.500. The highest BCUT2D eigenvalue weighted by atomic mass is 19.4. The molecule has 136 valence electrons. The van der Waals surface area contributed by atoms with Gasteiger partial charge in [0.1, 0.15) is 0 Å². The SMILES string of the molecule is CN(CC(=O)O)CC1CN(c2cc(C#N)ccc2C(F)(F)F)CCO1. The second kappa shape index (κ2) is 7.72. The molecule has 1 heterocycles. The van der Waals surface area contributed by atoms with E-state index < -0.39 is 23.8 Å². The third-order valence-electron chi connectivity index (χ3n) is 3.83. The Morgan fingerprint density at radius 3 is 2.84 bits per heavy atom. The number of carboxylic acids is 1. The lowest BCUT2D eigenvalue weighted by Gasteiger charge is -2.37. The van der Waals surface area contributed by atoms with Gasteiger partial charge in [0.05, 0.1) is 42.1 Å². The molecular weight excluding hydrogens is 339 g/mol. The van der Waals surface area contributed by atoms with Crippen LogP contribution in [-0.4, -0.2) is 61.9 Å². The Balaban J connectivity index is 2.20. The molecule has 1 unspecified atom stereocenters. The predicted molar refractivity (Wildman–Crippen MR) is 83.2 cm³/mol. The molecule has 1 aromatic carbocycles. The molecule has 0 bridgehead atoms. The van der Waals surface area contributed by atoms with E-state index in [1.54, 1.807) is 7.05 Å². The van der Waals surface area contributed by atoms with Gasteiger partial charge in [0.2, 0.25) is 0 Å². The summed E-state index contributed by atoms with van der Waals surface area (Å²) < 4.78 is 45.4. The van der Waals surface area contributed by atoms with E-state index in [9.17, 15) is 18.0 Å². The zero-order chi connectivity index (χ0) is 18.6. The molecule has 1 aliphatic rings. The van der Waals surface area contributed by atoms with Crippen molar-refractivity contribution in [3.63, 3.8) is 0 Å². The molecule has 0 radical (unpaired) electrons. The number of nitrogens with zero attached hydrogens (tertiary/aromatic N) is 3. The Kier molecular flexibility index (Phi) is 5.87. The summed E-state index contributed by atoms with van der Waals surface area (Å²) in [6.07, 6.45) is -4.96. The van der Waals surface area contributed by atoms with Crippen molar-refractivity contribution in [1.29, 1.82) is 5.26 Å². The Labute approximate surface area is 143 Å². The van der Waals surface area contributed by atoms with Crippen molar-refractivity contribution in [2.45, 2.75) is 12.3 Å². The number of aliphatic carboxylic acids is 1. The number of carbonyl (C=O) groups is 1. The Bertz CT molecular complexity index is 673. The van der Waals surface area contributed by atoms with Crippen LogP contribution in [0.3, 0.4) is 0 Å². The van der Waals surface area contributed by atoms with Crippen molar-refractivity contribution < 1.29 is 27.8 Å². The van der Waals surface area contributed by atoms with Crippen LogP contribution in [0.1, 0.15) is 11.1 Å². The van der Waals surface area contributed by atoms with E-state index in [0.29, 0.717) is 0 Å². The zero-order valence-corrected chi connectivity index (χ0v) is 13.6. The van der Waals surface area contributed by atoms with Crippen molar-refractivity contribution in [3.05, 3.63) is 29.3 Å². The van der Waals surface area contributed by atoms with Gasteiger partial charge in [-0.15, -0.1) is 0 Å². The van der Waals surface area contributed by atoms with E-state index in [-0.39, 0.29) is 44.0 Å². The number of ether oxygens (including phenoxy) is 1. The maximum absolute atomic E-state index is 13.3. The number of benzene rings is 1. The number of likely N-dealkylation sites (N-methyl/N-ethyl adjacent to an activating group) is 1. The molecule has 2 rings (SSSR count). The minimum absolute atomic E-state index is 0.0549. The average Bonchev–Trinajstić information content (AvgIpc) is 2.52. The largest absolute Gasteiger partial charge is 0.480 e. The predicted octanol–water partition coefficient (Wildman–Crippen LogP) is 1.80. The van der Waals surface area contributed by atoms with Gasteiger partial charge in [-0.3, -0.25) is 9.69 Å². The first-order valence-electron chi connectivity index (χ1n) is 7.59. The molecule has 9 heteroatoms. The van der Waals surface area contributed by atoms with E-state index in [1.807, 2.05) is 6.07 Å². The van der Waals surface area contributed by atoms with Crippen molar-refractivity contribution in [3.8, 4) is 6.07 Å². The minimum atomic E-state index is -4.53. The molecule has 0 aliphatic carbocycles. The topological polar surface area (TPSA) is 76.8 Å². The van der Waals surface area contributed by atoms with E-state index in [1.165, 1.54) is 15.9 Å². The molecule has 1 N–H and O–H groups in total. The van der Waals surface area contributed by atoms with Gasteiger partial charge >= 0.3 is 12.1 Å². The lowest BCUT2D eigenvalue weighted by Crippen LogP contribution is -2.48. The van der Waals surface area contributed by atoms with Gasteiger partial charge in [0, 0.05) is 19.6 Å². The first-order valence-corrected chi connectivity index (χ1v) is 7.59. The van der Waals surface area contributed by atoms with Crippen molar-refractivity contribution in [1.82, 2.24) is 4.90 Å². The summed E-state index contributed by atoms with van der Waals surface area (Å²) in [5.41, 5.74) is -0.708. The summed E-state index contributed by atoms with van der Waals surface area (Å²) in [6, 6.07) is 5.14. The van der Waals surface area contributed by atoms with Crippen LogP contribution >= 0.6 is 0 Å². The molecule has 1 fully saturated rings. The molecule has 0 saturated carbocycles. The van der Waals surface area contributed by atoms with Gasteiger partial charge in [0.15, 0.2) is 0 Å². The van der Waals surface area contributed by atoms with Crippen molar-refractivity contribution in [2.24, 2.45) is 0 Å². The lowest BCUT2D eigenvalue weighted by molar-refractivity contribution is -0.139. The second-order valence-corrected chi connectivity index (χ2v) is 5.87. The molecule has 0 amide bonds. The Morgan fingerprint density at radius 1 is 1.52 bits per heavy atom. The minimum Gasteiger partial charge on any atom is -0.480 e. The van der Waals surface area contributed by atoms with E-state index in [2.05, 4.69) is 0 Å². The molecule has 25 heavy (non-hydrogen) atoms. The summed E-state index contributed by atoms with van der Waals surface area (Å²) in [5, 5.41) is 17.8.